The molecule has 1 saturated heterocycles. The Kier molecular flexibility index (Phi) is 6.24. The van der Waals surface area contributed by atoms with Gasteiger partial charge in [0.25, 0.3) is 0 Å². The van der Waals surface area contributed by atoms with Gasteiger partial charge in [-0.15, -0.1) is 8.78 Å². The predicted molar refractivity (Wildman–Crippen MR) is 142 cm³/mol. The number of rotatable bonds is 8. The third-order valence-electron chi connectivity index (χ3n) is 7.86. The minimum atomic E-state index is -3.71. The van der Waals surface area contributed by atoms with Crippen LogP contribution in [-0.2, 0) is 26.7 Å². The number of benzene rings is 3. The Morgan fingerprint density at radius 2 is 1.74 bits per heavy atom. The first-order valence-corrected chi connectivity index (χ1v) is 14.3. The van der Waals surface area contributed by atoms with Crippen LogP contribution in [0.25, 0.3) is 11.1 Å². The first kappa shape index (κ1) is 25.9. The molecule has 7 nitrogen and oxygen atoms in total. The van der Waals surface area contributed by atoms with Gasteiger partial charge in [-0.2, -0.15) is 4.31 Å². The second kappa shape index (κ2) is 9.39. The van der Waals surface area contributed by atoms with E-state index in [0.717, 1.165) is 23.1 Å². The molecule has 0 unspecified atom stereocenters. The van der Waals surface area contributed by atoms with E-state index in [1.165, 1.54) is 16.4 Å². The molecule has 2 aliphatic heterocycles. The summed E-state index contributed by atoms with van der Waals surface area (Å²) in [7, 11) is -3.70. The smallest absolute Gasteiger partial charge is 0.395 e. The van der Waals surface area contributed by atoms with Crippen molar-refractivity contribution in [3.8, 4) is 22.6 Å². The summed E-state index contributed by atoms with van der Waals surface area (Å²) < 4.78 is 63.4. The maximum absolute atomic E-state index is 13.4. The lowest BCUT2D eigenvalue weighted by Gasteiger charge is -2.22. The normalized spacial score (nSPS) is 21.2. The van der Waals surface area contributed by atoms with Crippen LogP contribution in [0.3, 0.4) is 0 Å². The number of carbonyl (C=O) groups excluding carboxylic acids is 1. The molecule has 3 aliphatic rings. The molecular weight excluding hydrogens is 528 g/mol. The van der Waals surface area contributed by atoms with Crippen LogP contribution < -0.4 is 9.47 Å². The fourth-order valence-electron chi connectivity index (χ4n) is 5.58. The molecular formula is C29H31F2NO6S. The molecule has 3 aromatic rings. The topological polar surface area (TPSA) is 93.1 Å². The van der Waals surface area contributed by atoms with Crippen molar-refractivity contribution in [3.05, 3.63) is 77.9 Å². The van der Waals surface area contributed by atoms with E-state index in [2.05, 4.69) is 9.47 Å². The average Bonchev–Trinajstić information content (AvgIpc) is 3.47. The van der Waals surface area contributed by atoms with Crippen LogP contribution in [0.2, 0.25) is 0 Å². The second-order valence-corrected chi connectivity index (χ2v) is 12.2. The van der Waals surface area contributed by atoms with Gasteiger partial charge in [-0.3, -0.25) is 4.79 Å². The molecule has 0 amide bonds. The van der Waals surface area contributed by atoms with Crippen molar-refractivity contribution in [2.45, 2.75) is 54.8 Å². The fraction of sp³-hybridized carbons (Fsp3) is 0.345. The van der Waals surface area contributed by atoms with E-state index in [9.17, 15) is 27.1 Å². The number of hydrogen-bond donors (Lipinski definition) is 1. The van der Waals surface area contributed by atoms with E-state index in [-0.39, 0.29) is 38.1 Å². The summed E-state index contributed by atoms with van der Waals surface area (Å²) in [5, 5.41) is 9.53. The van der Waals surface area contributed by atoms with Crippen molar-refractivity contribution < 1.29 is 39.4 Å². The number of halogens is 2. The quantitative estimate of drug-likeness (QED) is 0.410. The van der Waals surface area contributed by atoms with Gasteiger partial charge in [-0.25, -0.2) is 8.42 Å². The second-order valence-electron chi connectivity index (χ2n) is 10.3. The molecule has 6 rings (SSSR count). The number of nitrogens with zero attached hydrogens (tertiary/aromatic N) is 1. The molecule has 0 bridgehead atoms. The van der Waals surface area contributed by atoms with Gasteiger partial charge in [0.05, 0.1) is 16.9 Å². The monoisotopic (exact) mass is 559 g/mol. The van der Waals surface area contributed by atoms with E-state index in [1.54, 1.807) is 30.3 Å². The maximum atomic E-state index is 13.4. The number of ketones is 1. The molecule has 1 aliphatic carbocycles. The Balaban J connectivity index is 0.00000194. The molecule has 3 aromatic carbocycles. The highest BCUT2D eigenvalue weighted by atomic mass is 32.2. The number of ether oxygens (including phenoxy) is 2. The van der Waals surface area contributed by atoms with Crippen molar-refractivity contribution in [2.24, 2.45) is 0 Å². The van der Waals surface area contributed by atoms with Crippen LogP contribution in [0.1, 0.15) is 39.7 Å². The van der Waals surface area contributed by atoms with Gasteiger partial charge in [0.1, 0.15) is 5.78 Å². The third-order valence-corrected chi connectivity index (χ3v) is 9.82. The van der Waals surface area contributed by atoms with Crippen LogP contribution in [0, 0.1) is 0 Å². The van der Waals surface area contributed by atoms with Gasteiger partial charge in [0.15, 0.2) is 11.5 Å². The summed E-state index contributed by atoms with van der Waals surface area (Å²) in [6.45, 7) is 0.195. The van der Waals surface area contributed by atoms with E-state index in [0.29, 0.717) is 31.4 Å². The van der Waals surface area contributed by atoms with Crippen LogP contribution in [0.15, 0.2) is 71.6 Å². The van der Waals surface area contributed by atoms with E-state index in [1.807, 2.05) is 24.3 Å². The molecule has 1 atom stereocenters. The summed E-state index contributed by atoms with van der Waals surface area (Å²) in [5.74, 6) is -0.122. The SMILES string of the molecule is O=C(Cc1cccc(-c2ccc(S(=O)(=O)N3CCC[C@@H]3CO)cc2)c1)C1(c2ccc3c(c2)OC(F)(F)O3)CC1.[HH].[HH]. The molecule has 39 heavy (non-hydrogen) atoms. The van der Waals surface area contributed by atoms with E-state index < -0.39 is 27.8 Å². The van der Waals surface area contributed by atoms with Crippen molar-refractivity contribution in [2.75, 3.05) is 13.2 Å². The first-order valence-electron chi connectivity index (χ1n) is 12.9. The Hall–Kier alpha value is -3.34. The van der Waals surface area contributed by atoms with Gasteiger partial charge < -0.3 is 14.6 Å². The number of sulfonamides is 1. The molecule has 208 valence electrons. The number of alkyl halides is 2. The minimum Gasteiger partial charge on any atom is -0.395 e. The van der Waals surface area contributed by atoms with Gasteiger partial charge >= 0.3 is 6.29 Å². The molecule has 10 heteroatoms. The summed E-state index contributed by atoms with van der Waals surface area (Å²) in [5.41, 5.74) is 2.36. The summed E-state index contributed by atoms with van der Waals surface area (Å²) in [6.07, 6.45) is -0.911. The highest BCUT2D eigenvalue weighted by Gasteiger charge is 2.52. The summed E-state index contributed by atoms with van der Waals surface area (Å²) in [4.78, 5) is 13.6. The Morgan fingerprint density at radius 1 is 1.00 bits per heavy atom. The number of Topliss-reactive ketones (excluding diaryl/α,β-unsaturated/α-hetero) is 1. The number of carbonyl (C=O) groups is 1. The molecule has 1 saturated carbocycles. The van der Waals surface area contributed by atoms with Gasteiger partial charge in [-0.05, 0) is 72.2 Å². The zero-order valence-corrected chi connectivity index (χ0v) is 21.8. The van der Waals surface area contributed by atoms with Gasteiger partial charge in [0, 0.05) is 21.9 Å². The zero-order chi connectivity index (χ0) is 27.4. The number of hydrogen-bond acceptors (Lipinski definition) is 6. The molecule has 0 radical (unpaired) electrons. The van der Waals surface area contributed by atoms with Crippen molar-refractivity contribution >= 4 is 15.8 Å². The van der Waals surface area contributed by atoms with Gasteiger partial charge in [-0.1, -0.05) is 42.5 Å². The Bertz CT molecular complexity index is 1550. The number of fused-ring (bicyclic) bond motifs is 1. The average molecular weight is 560 g/mol. The standard InChI is InChI=1S/C29H27F2NO6S.2H2/c30-29(31)37-25-11-8-22(17-26(25)38-29)28(12-13-28)27(34)16-19-3-1-4-21(15-19)20-6-9-24(10-7-20)39(35,36)32-14-2-5-23(32)18-33;;/h1,3-4,6-11,15,17,23,33H,2,5,12-14,16,18H2;2*1H/t23-;;/m1../s1. The van der Waals surface area contributed by atoms with Crippen LogP contribution >= 0.6 is 0 Å². The van der Waals surface area contributed by atoms with Crippen LogP contribution in [0.4, 0.5) is 8.78 Å². The first-order chi connectivity index (χ1) is 18.6. The minimum absolute atomic E-state index is 0. The predicted octanol–water partition coefficient (Wildman–Crippen LogP) is 5.16. The lowest BCUT2D eigenvalue weighted by atomic mass is 9.87. The largest absolute Gasteiger partial charge is 0.586 e. The van der Waals surface area contributed by atoms with E-state index in [4.69, 9.17) is 0 Å². The molecule has 0 spiro atoms. The highest BCUT2D eigenvalue weighted by Crippen LogP contribution is 2.52. The van der Waals surface area contributed by atoms with Crippen LogP contribution in [0.5, 0.6) is 11.5 Å². The Morgan fingerprint density at radius 3 is 2.46 bits per heavy atom. The molecule has 2 heterocycles. The zero-order valence-electron chi connectivity index (χ0n) is 21.0. The summed E-state index contributed by atoms with van der Waals surface area (Å²) >= 11 is 0. The molecule has 1 N–H and O–H groups in total. The van der Waals surface area contributed by atoms with Crippen molar-refractivity contribution in [3.63, 3.8) is 0 Å². The van der Waals surface area contributed by atoms with Crippen LogP contribution in [-0.4, -0.2) is 49.1 Å². The molecule has 2 fully saturated rings. The Labute approximate surface area is 228 Å². The van der Waals surface area contributed by atoms with Crippen molar-refractivity contribution in [1.82, 2.24) is 4.31 Å². The number of aliphatic hydroxyl groups is 1. The van der Waals surface area contributed by atoms with Gasteiger partial charge in [0.2, 0.25) is 10.0 Å². The highest BCUT2D eigenvalue weighted by molar-refractivity contribution is 7.89. The number of aliphatic hydroxyl groups excluding tert-OH is 1. The van der Waals surface area contributed by atoms with Crippen molar-refractivity contribution in [1.29, 1.82) is 0 Å². The van der Waals surface area contributed by atoms with E-state index >= 15 is 0 Å². The molecule has 0 aromatic heterocycles. The fourth-order valence-corrected chi connectivity index (χ4v) is 7.26. The maximum Gasteiger partial charge on any atom is 0.586 e. The third kappa shape index (κ3) is 4.70. The lowest BCUT2D eigenvalue weighted by molar-refractivity contribution is -0.286. The lowest BCUT2D eigenvalue weighted by Crippen LogP contribution is -2.37. The summed E-state index contributed by atoms with van der Waals surface area (Å²) in [6, 6.07) is 18.3.